The van der Waals surface area contributed by atoms with Crippen molar-refractivity contribution in [3.63, 3.8) is 0 Å². The minimum absolute atomic E-state index is 0.0121. The summed E-state index contributed by atoms with van der Waals surface area (Å²) in [7, 11) is 2.96. The molecule has 0 fully saturated rings. The van der Waals surface area contributed by atoms with Gasteiger partial charge in [0.1, 0.15) is 5.56 Å². The summed E-state index contributed by atoms with van der Waals surface area (Å²) >= 11 is 0. The summed E-state index contributed by atoms with van der Waals surface area (Å²) in [5.41, 5.74) is -8.03. The molecule has 2 heterocycles. The number of rotatable bonds is 5. The molecule has 0 saturated carbocycles. The average molecular weight is 570 g/mol. The number of benzene rings is 2. The molecule has 212 valence electrons. The van der Waals surface area contributed by atoms with Crippen LogP contribution in [0.4, 0.5) is 26.3 Å². The van der Waals surface area contributed by atoms with Gasteiger partial charge in [0.15, 0.2) is 0 Å². The van der Waals surface area contributed by atoms with E-state index in [1.54, 1.807) is 0 Å². The summed E-state index contributed by atoms with van der Waals surface area (Å²) in [6, 6.07) is 5.85. The number of nitrogens with zero attached hydrogens (tertiary/aromatic N) is 4. The van der Waals surface area contributed by atoms with Crippen molar-refractivity contribution in [2.45, 2.75) is 25.8 Å². The first kappa shape index (κ1) is 28.4. The van der Waals surface area contributed by atoms with Gasteiger partial charge in [-0.2, -0.15) is 26.3 Å². The van der Waals surface area contributed by atoms with Crippen LogP contribution in [0.5, 0.6) is 0 Å². The lowest BCUT2D eigenvalue weighted by Crippen LogP contribution is -2.42. The number of carbonyl (C=O) groups is 1. The molecule has 0 amide bonds. The van der Waals surface area contributed by atoms with Crippen LogP contribution in [0.1, 0.15) is 34.0 Å². The topological polar surface area (TPSA) is 97.2 Å². The molecule has 9 nitrogen and oxygen atoms in total. The van der Waals surface area contributed by atoms with Crippen molar-refractivity contribution in [1.82, 2.24) is 18.3 Å². The van der Waals surface area contributed by atoms with Gasteiger partial charge in [0.2, 0.25) is 0 Å². The summed E-state index contributed by atoms with van der Waals surface area (Å²) in [6.07, 6.45) is -10.1. The maximum absolute atomic E-state index is 13.8. The van der Waals surface area contributed by atoms with Crippen LogP contribution in [-0.2, 0) is 37.7 Å². The molecule has 0 atom stereocenters. The van der Waals surface area contributed by atoms with Crippen molar-refractivity contribution in [2.75, 3.05) is 6.61 Å². The molecule has 4 rings (SSSR count). The Kier molecular flexibility index (Phi) is 7.03. The highest BCUT2D eigenvalue weighted by molar-refractivity contribution is 5.88. The third-order valence-corrected chi connectivity index (χ3v) is 6.27. The maximum atomic E-state index is 13.8. The normalized spacial score (nSPS) is 12.2. The Labute approximate surface area is 220 Å². The summed E-state index contributed by atoms with van der Waals surface area (Å²) in [6.45, 7) is -0.00832. The van der Waals surface area contributed by atoms with E-state index in [2.05, 4.69) is 0 Å². The van der Waals surface area contributed by atoms with Crippen LogP contribution in [0, 0.1) is 0 Å². The molecule has 0 aliphatic rings. The fraction of sp³-hybridized carbons (Fsp3) is 0.280. The predicted molar refractivity (Wildman–Crippen MR) is 130 cm³/mol. The van der Waals surface area contributed by atoms with E-state index in [0.29, 0.717) is 17.1 Å². The average Bonchev–Trinajstić information content (AvgIpc) is 3.08. The molecule has 0 aliphatic heterocycles. The van der Waals surface area contributed by atoms with Crippen LogP contribution < -0.4 is 16.9 Å². The van der Waals surface area contributed by atoms with Gasteiger partial charge in [-0.1, -0.05) is 12.1 Å². The molecular weight excluding hydrogens is 550 g/mol. The molecule has 40 heavy (non-hydrogen) atoms. The van der Waals surface area contributed by atoms with Gasteiger partial charge in [0.05, 0.1) is 41.0 Å². The maximum Gasteiger partial charge on any atom is 0.417 e. The van der Waals surface area contributed by atoms with Crippen molar-refractivity contribution in [3.05, 3.63) is 96.2 Å². The van der Waals surface area contributed by atoms with Crippen molar-refractivity contribution in [2.24, 2.45) is 14.1 Å². The number of carbonyl (C=O) groups excluding carboxylic acids is 1. The first-order valence-electron chi connectivity index (χ1n) is 11.5. The van der Waals surface area contributed by atoms with Gasteiger partial charge in [0.25, 0.3) is 5.56 Å². The van der Waals surface area contributed by atoms with E-state index in [9.17, 15) is 45.5 Å². The van der Waals surface area contributed by atoms with Crippen LogP contribution in [0.25, 0.3) is 16.7 Å². The molecule has 15 heteroatoms. The van der Waals surface area contributed by atoms with E-state index in [4.69, 9.17) is 4.74 Å². The Morgan fingerprint density at radius 3 is 2.12 bits per heavy atom. The highest BCUT2D eigenvalue weighted by atomic mass is 19.4. The SMILES string of the molecule is CCOC(=O)c1cn(-c2ccc3c(c2)n(C)c(=O)n3C)c(=O)n(Cc2cccc(C(F)(F)F)c2C(F)(F)F)c1=O. The van der Waals surface area contributed by atoms with Crippen molar-refractivity contribution < 1.29 is 35.9 Å². The summed E-state index contributed by atoms with van der Waals surface area (Å²) in [5.74, 6) is -1.21. The fourth-order valence-electron chi connectivity index (χ4n) is 4.39. The molecule has 4 aromatic rings. The standard InChI is InChI=1S/C25H20F6N4O5/c1-4-40-21(37)15-12-34(14-8-9-17-18(10-14)33(3)22(38)32(17)2)23(39)35(20(15)36)11-13-6-5-7-16(24(26,27)28)19(13)25(29,30)31/h5-10,12H,4,11H2,1-3H3. The zero-order chi connectivity index (χ0) is 29.7. The number of fused-ring (bicyclic) bond motifs is 1. The molecule has 0 saturated heterocycles. The van der Waals surface area contributed by atoms with Gasteiger partial charge in [-0.15, -0.1) is 0 Å². The Hall–Kier alpha value is -4.56. The van der Waals surface area contributed by atoms with Crippen LogP contribution in [0.15, 0.2) is 57.0 Å². The van der Waals surface area contributed by atoms with Crippen LogP contribution in [-0.4, -0.2) is 30.8 Å². The molecule has 0 aliphatic carbocycles. The van der Waals surface area contributed by atoms with Crippen LogP contribution >= 0.6 is 0 Å². The number of hydrogen-bond donors (Lipinski definition) is 0. The van der Waals surface area contributed by atoms with Gasteiger partial charge in [-0.3, -0.25) is 23.1 Å². The third-order valence-electron chi connectivity index (χ3n) is 6.27. The van der Waals surface area contributed by atoms with E-state index < -0.39 is 64.1 Å². The van der Waals surface area contributed by atoms with E-state index in [-0.39, 0.29) is 22.9 Å². The molecular formula is C25H20F6N4O5. The first-order chi connectivity index (χ1) is 18.6. The molecule has 0 spiro atoms. The number of imidazole rings is 1. The van der Waals surface area contributed by atoms with Gasteiger partial charge < -0.3 is 4.74 Å². The monoisotopic (exact) mass is 570 g/mol. The van der Waals surface area contributed by atoms with Crippen molar-refractivity contribution in [3.8, 4) is 5.69 Å². The quantitative estimate of drug-likeness (QED) is 0.271. The number of ether oxygens (including phenoxy) is 1. The lowest BCUT2D eigenvalue weighted by Gasteiger charge is -2.20. The van der Waals surface area contributed by atoms with Crippen LogP contribution in [0.2, 0.25) is 0 Å². The highest BCUT2D eigenvalue weighted by Gasteiger charge is 2.44. The Bertz CT molecular complexity index is 1830. The molecule has 0 radical (unpaired) electrons. The number of hydrogen-bond acceptors (Lipinski definition) is 5. The number of alkyl halides is 6. The molecule has 0 bridgehead atoms. The third kappa shape index (κ3) is 4.82. The molecule has 2 aromatic carbocycles. The smallest absolute Gasteiger partial charge is 0.417 e. The lowest BCUT2D eigenvalue weighted by atomic mass is 9.99. The van der Waals surface area contributed by atoms with Crippen LogP contribution in [0.3, 0.4) is 0 Å². The van der Waals surface area contributed by atoms with E-state index >= 15 is 0 Å². The van der Waals surface area contributed by atoms with E-state index in [0.717, 1.165) is 16.8 Å². The Morgan fingerprint density at radius 1 is 0.875 bits per heavy atom. The predicted octanol–water partition coefficient (Wildman–Crippen LogP) is 3.45. The lowest BCUT2D eigenvalue weighted by molar-refractivity contribution is -0.162. The number of esters is 1. The first-order valence-corrected chi connectivity index (χ1v) is 11.5. The van der Waals surface area contributed by atoms with Crippen molar-refractivity contribution >= 4 is 17.0 Å². The fourth-order valence-corrected chi connectivity index (χ4v) is 4.39. The Morgan fingerprint density at radius 2 is 1.52 bits per heavy atom. The number of aryl methyl sites for hydroxylation is 2. The zero-order valence-corrected chi connectivity index (χ0v) is 21.1. The molecule has 2 aromatic heterocycles. The second kappa shape index (κ2) is 9.88. The second-order valence-corrected chi connectivity index (χ2v) is 8.72. The van der Waals surface area contributed by atoms with Gasteiger partial charge in [-0.25, -0.2) is 14.4 Å². The van der Waals surface area contributed by atoms with E-state index in [1.807, 2.05) is 0 Å². The zero-order valence-electron chi connectivity index (χ0n) is 21.1. The second-order valence-electron chi connectivity index (χ2n) is 8.72. The van der Waals surface area contributed by atoms with Gasteiger partial charge in [0, 0.05) is 20.3 Å². The van der Waals surface area contributed by atoms with Crippen molar-refractivity contribution in [1.29, 1.82) is 0 Å². The van der Waals surface area contributed by atoms with Gasteiger partial charge >= 0.3 is 29.7 Å². The largest absolute Gasteiger partial charge is 0.462 e. The minimum atomic E-state index is -5.49. The van der Waals surface area contributed by atoms with Gasteiger partial charge in [-0.05, 0) is 36.8 Å². The minimum Gasteiger partial charge on any atom is -0.462 e. The molecule has 0 N–H and O–H groups in total. The summed E-state index contributed by atoms with van der Waals surface area (Å²) < 4.78 is 90.3. The summed E-state index contributed by atoms with van der Waals surface area (Å²) in [4.78, 5) is 51.5. The Balaban J connectivity index is 2.02. The highest BCUT2D eigenvalue weighted by Crippen LogP contribution is 2.42. The van der Waals surface area contributed by atoms with E-state index in [1.165, 1.54) is 48.4 Å². The number of aromatic nitrogens is 4. The molecule has 0 unspecified atom stereocenters. The number of halogens is 6. The summed E-state index contributed by atoms with van der Waals surface area (Å²) in [5, 5.41) is 0.